The van der Waals surface area contributed by atoms with E-state index in [0.29, 0.717) is 24.8 Å². The van der Waals surface area contributed by atoms with Crippen LogP contribution in [-0.4, -0.2) is 56.8 Å². The number of nitrogens with zero attached hydrogens (tertiary/aromatic N) is 8. The molecule has 10 nitrogen and oxygen atoms in total. The van der Waals surface area contributed by atoms with Gasteiger partial charge in [-0.2, -0.15) is 0 Å². The van der Waals surface area contributed by atoms with Gasteiger partial charge in [0, 0.05) is 76.5 Å². The Morgan fingerprint density at radius 3 is 1.01 bits per heavy atom. The van der Waals surface area contributed by atoms with Crippen LogP contribution in [0.4, 0.5) is 79.6 Å². The summed E-state index contributed by atoms with van der Waals surface area (Å²) in [6.45, 7) is 14.1. The maximum Gasteiger partial charge on any atom is 0.129 e. The maximum atomic E-state index is 8.31. The molecule has 0 N–H and O–H groups in total. The lowest BCUT2D eigenvalue weighted by molar-refractivity contribution is 0.483. The van der Waals surface area contributed by atoms with Crippen LogP contribution in [0, 0.1) is 0 Å². The first-order chi connectivity index (χ1) is 38.9. The van der Waals surface area contributed by atoms with E-state index >= 15 is 0 Å². The summed E-state index contributed by atoms with van der Waals surface area (Å²) in [4.78, 5) is 17.7. The van der Waals surface area contributed by atoms with Crippen molar-refractivity contribution in [2.75, 3.05) is 79.9 Å². The number of para-hydroxylation sites is 8. The second-order valence-corrected chi connectivity index (χ2v) is 33.0. The van der Waals surface area contributed by atoms with Crippen LogP contribution in [0.2, 0.25) is 39.3 Å². The molecule has 0 aromatic heterocycles. The lowest BCUT2D eigenvalue weighted by Gasteiger charge is -2.25. The Morgan fingerprint density at radius 2 is 0.628 bits per heavy atom. The normalized spacial score (nSPS) is 15.5. The zero-order chi connectivity index (χ0) is 56.0. The van der Waals surface area contributed by atoms with Crippen molar-refractivity contribution in [3.63, 3.8) is 0 Å². The van der Waals surface area contributed by atoms with Gasteiger partial charge in [0.05, 0.1) is 75.0 Å². The van der Waals surface area contributed by atoms with Crippen molar-refractivity contribution in [3.8, 4) is 23.0 Å². The first-order valence-corrected chi connectivity index (χ1v) is 33.9. The minimum atomic E-state index is -2.28. The predicted octanol–water partition coefficient (Wildman–Crippen LogP) is 15.9. The molecular formula is C66H66N8O2Si2. The highest BCUT2D eigenvalue weighted by Gasteiger charge is 2.33. The van der Waals surface area contributed by atoms with Gasteiger partial charge in [-0.1, -0.05) is 110 Å². The molecule has 4 aliphatic heterocycles. The molecule has 0 atom stereocenters. The number of hydrogen-bond donors (Lipinski definition) is 0. The Balaban J connectivity index is 0.737. The number of benzene rings is 9. The van der Waals surface area contributed by atoms with Crippen LogP contribution in [-0.2, 0) is 0 Å². The highest BCUT2D eigenvalue weighted by atomic mass is 28.3. The Bertz CT molecular complexity index is 3870. The van der Waals surface area contributed by atoms with Crippen molar-refractivity contribution in [3.05, 3.63) is 206 Å². The molecule has 0 amide bonds. The van der Waals surface area contributed by atoms with Gasteiger partial charge in [0.15, 0.2) is 0 Å². The molecule has 12 heteroatoms. The molecule has 13 rings (SSSR count). The molecule has 4 heterocycles. The topological polar surface area (TPSA) is 44.4 Å². The maximum absolute atomic E-state index is 8.31. The SMILES string of the molecule is [2H]C([2H])([2H])N1CN(c2cc(Oc3cccc(N4CN(c5ccc(N6CN(c7cccc(Oc8cc(N9CN(C)c%10ccccc%109)cc([Si](C)(C)C)c8)c7)c7ccccc76)cc5)c5ccccc54)c3)cc([Si](C)(C)C)c2)c2ccccc21. The summed E-state index contributed by atoms with van der Waals surface area (Å²) < 4.78 is 38.6. The fraction of sp³-hybridized carbons (Fsp3) is 0.182. The number of ether oxygens (including phenoxy) is 2. The molecule has 0 unspecified atom stereocenters. The molecule has 0 radical (unpaired) electrons. The van der Waals surface area contributed by atoms with Crippen molar-refractivity contribution < 1.29 is 13.6 Å². The third-order valence-corrected chi connectivity index (χ3v) is 19.6. The van der Waals surface area contributed by atoms with E-state index in [2.05, 4.69) is 250 Å². The van der Waals surface area contributed by atoms with Crippen molar-refractivity contribution in [2.45, 2.75) is 39.3 Å². The number of fused-ring (bicyclic) bond motifs is 4. The molecule has 0 saturated heterocycles. The second-order valence-electron chi connectivity index (χ2n) is 22.9. The highest BCUT2D eigenvalue weighted by Crippen LogP contribution is 2.49. The third kappa shape index (κ3) is 9.03. The summed E-state index contributed by atoms with van der Waals surface area (Å²) in [6.07, 6.45) is 0. The van der Waals surface area contributed by atoms with Crippen LogP contribution in [0.3, 0.4) is 0 Å². The molecule has 9 aromatic carbocycles. The molecule has 0 bridgehead atoms. The monoisotopic (exact) mass is 1060 g/mol. The summed E-state index contributed by atoms with van der Waals surface area (Å²) in [5.74, 6) is 3.07. The summed E-state index contributed by atoms with van der Waals surface area (Å²) >= 11 is 0. The number of rotatable bonds is 12. The molecule has 0 spiro atoms. The first-order valence-electron chi connectivity index (χ1n) is 28.4. The summed E-state index contributed by atoms with van der Waals surface area (Å²) in [7, 11) is -1.42. The molecule has 78 heavy (non-hydrogen) atoms. The van der Waals surface area contributed by atoms with Crippen molar-refractivity contribution in [1.29, 1.82) is 0 Å². The van der Waals surface area contributed by atoms with Gasteiger partial charge in [-0.3, -0.25) is 0 Å². The summed E-state index contributed by atoms with van der Waals surface area (Å²) in [6, 6.07) is 72.5. The van der Waals surface area contributed by atoms with Crippen LogP contribution in [0.25, 0.3) is 0 Å². The van der Waals surface area contributed by atoms with E-state index in [1.807, 2.05) is 36.4 Å². The minimum Gasteiger partial charge on any atom is -0.457 e. The lowest BCUT2D eigenvalue weighted by atomic mass is 10.2. The van der Waals surface area contributed by atoms with E-state index in [1.165, 1.54) is 26.6 Å². The molecule has 0 saturated carbocycles. The zero-order valence-corrected chi connectivity index (χ0v) is 47.4. The Kier molecular flexibility index (Phi) is 11.2. The molecule has 4 aliphatic rings. The van der Waals surface area contributed by atoms with E-state index in [-0.39, 0.29) is 6.67 Å². The van der Waals surface area contributed by atoms with Crippen LogP contribution in [0.1, 0.15) is 4.11 Å². The van der Waals surface area contributed by atoms with Gasteiger partial charge in [0.1, 0.15) is 36.3 Å². The van der Waals surface area contributed by atoms with Crippen LogP contribution >= 0.6 is 0 Å². The Morgan fingerprint density at radius 1 is 0.308 bits per heavy atom. The summed E-state index contributed by atoms with van der Waals surface area (Å²) in [5.41, 5.74) is 14.8. The molecule has 390 valence electrons. The first kappa shape index (κ1) is 45.6. The molecule has 0 fully saturated rings. The van der Waals surface area contributed by atoms with Crippen LogP contribution in [0.15, 0.2) is 206 Å². The summed E-state index contributed by atoms with van der Waals surface area (Å²) in [5, 5.41) is 2.57. The lowest BCUT2D eigenvalue weighted by Crippen LogP contribution is -2.38. The van der Waals surface area contributed by atoms with Gasteiger partial charge < -0.3 is 48.7 Å². The standard InChI is InChI=1S/C66H66N8O2Si2/c1-67-43-69(61-25-11-9-23-59(61)67)51-37-55(41-57(39-51)77(3,4)5)75-53-21-17-19-49(35-53)73-45-71(63-27-13-15-29-65(63)73)47-31-33-48(34-32-47)72-46-74(66-30-16-14-28-64(66)72)50-20-18-22-54(36-50)76-56-38-52(40-58(42-56)78(6,7)8)70-44-68(2)60-24-10-12-26-62(60)70/h9-42H,43-46H2,1-8H3/i1D3. The largest absolute Gasteiger partial charge is 0.457 e. The van der Waals surface area contributed by atoms with Crippen molar-refractivity contribution in [1.82, 2.24) is 0 Å². The van der Waals surface area contributed by atoms with Gasteiger partial charge >= 0.3 is 0 Å². The molecular weight excluding hydrogens is 993 g/mol. The van der Waals surface area contributed by atoms with E-state index in [9.17, 15) is 0 Å². The fourth-order valence-corrected chi connectivity index (χ4v) is 13.6. The van der Waals surface area contributed by atoms with E-state index in [4.69, 9.17) is 13.6 Å². The highest BCUT2D eigenvalue weighted by molar-refractivity contribution is 6.89. The van der Waals surface area contributed by atoms with Gasteiger partial charge in [-0.05, 0) is 121 Å². The quantitative estimate of drug-likeness (QED) is 0.111. The smallest absolute Gasteiger partial charge is 0.129 e. The average molecular weight is 1060 g/mol. The van der Waals surface area contributed by atoms with Crippen molar-refractivity contribution >= 4 is 106 Å². The molecule has 0 aliphatic carbocycles. The van der Waals surface area contributed by atoms with Gasteiger partial charge in [0.2, 0.25) is 0 Å². The van der Waals surface area contributed by atoms with E-state index in [1.54, 1.807) is 0 Å². The van der Waals surface area contributed by atoms with Gasteiger partial charge in [-0.15, -0.1) is 0 Å². The van der Waals surface area contributed by atoms with Crippen LogP contribution < -0.4 is 59.0 Å². The minimum absolute atomic E-state index is 0.217. The fourth-order valence-electron chi connectivity index (χ4n) is 11.3. The van der Waals surface area contributed by atoms with E-state index in [0.717, 1.165) is 86.5 Å². The Hall–Kier alpha value is -8.59. The number of hydrogen-bond acceptors (Lipinski definition) is 10. The Labute approximate surface area is 466 Å². The van der Waals surface area contributed by atoms with Crippen molar-refractivity contribution in [2.24, 2.45) is 0 Å². The van der Waals surface area contributed by atoms with Crippen LogP contribution in [0.5, 0.6) is 23.0 Å². The van der Waals surface area contributed by atoms with Gasteiger partial charge in [0.25, 0.3) is 0 Å². The zero-order valence-electron chi connectivity index (χ0n) is 48.4. The molecule has 9 aromatic rings. The number of anilines is 14. The second kappa shape index (κ2) is 19.2. The predicted molar refractivity (Wildman–Crippen MR) is 333 cm³/mol. The average Bonchev–Trinajstić information content (AvgIpc) is 4.42. The van der Waals surface area contributed by atoms with Gasteiger partial charge in [-0.25, -0.2) is 0 Å². The third-order valence-electron chi connectivity index (χ3n) is 15.5. The van der Waals surface area contributed by atoms with E-state index < -0.39 is 23.1 Å².